The number of ether oxygens (including phenoxy) is 1. The molecule has 0 radical (unpaired) electrons. The topological polar surface area (TPSA) is 46.5 Å². The number of hydrogen-bond donors (Lipinski definition) is 1. The minimum absolute atomic E-state index is 0.0123. The van der Waals surface area contributed by atoms with E-state index in [4.69, 9.17) is 9.84 Å². The molecule has 4 heteroatoms. The summed E-state index contributed by atoms with van der Waals surface area (Å²) >= 11 is 3.65. The van der Waals surface area contributed by atoms with Crippen LogP contribution in [0.5, 0.6) is 5.75 Å². The lowest BCUT2D eigenvalue weighted by atomic mass is 9.96. The van der Waals surface area contributed by atoms with Crippen LogP contribution in [-0.2, 0) is 4.79 Å². The number of alkyl halides is 1. The van der Waals surface area contributed by atoms with Crippen LogP contribution in [0.3, 0.4) is 0 Å². The lowest BCUT2D eigenvalue weighted by Gasteiger charge is -2.19. The van der Waals surface area contributed by atoms with Crippen LogP contribution < -0.4 is 4.74 Å². The summed E-state index contributed by atoms with van der Waals surface area (Å²) in [4.78, 5) is 11.4. The molecule has 25 heavy (non-hydrogen) atoms. The van der Waals surface area contributed by atoms with Gasteiger partial charge in [0, 0.05) is 4.83 Å². The average molecular weight is 401 g/mol. The molecule has 0 bridgehead atoms. The minimum atomic E-state index is -0.840. The predicted octanol–water partition coefficient (Wildman–Crippen LogP) is 4.83. The SMILES string of the molecule is CC#C[C@@H](CC(=O)O)c1ccc(O[C@@H]2CCC3=CC(Br)CC=C32)cc1. The van der Waals surface area contributed by atoms with E-state index in [1.54, 1.807) is 6.92 Å². The van der Waals surface area contributed by atoms with Crippen molar-refractivity contribution in [2.75, 3.05) is 0 Å². The first-order valence-corrected chi connectivity index (χ1v) is 9.44. The van der Waals surface area contributed by atoms with Gasteiger partial charge in [0.05, 0.1) is 12.3 Å². The summed E-state index contributed by atoms with van der Waals surface area (Å²) in [5, 5.41) is 9.04. The number of hydrogen-bond acceptors (Lipinski definition) is 2. The van der Waals surface area contributed by atoms with Crippen LogP contribution in [0.25, 0.3) is 0 Å². The van der Waals surface area contributed by atoms with Crippen molar-refractivity contribution in [2.24, 2.45) is 0 Å². The van der Waals surface area contributed by atoms with Crippen LogP contribution in [0, 0.1) is 11.8 Å². The zero-order valence-corrected chi connectivity index (χ0v) is 15.8. The molecule has 1 N–H and O–H groups in total. The zero-order valence-electron chi connectivity index (χ0n) is 14.2. The molecule has 1 aromatic carbocycles. The molecule has 0 aliphatic heterocycles. The Morgan fingerprint density at radius 3 is 2.84 bits per heavy atom. The largest absolute Gasteiger partial charge is 0.486 e. The van der Waals surface area contributed by atoms with Crippen molar-refractivity contribution in [3.63, 3.8) is 0 Å². The molecule has 0 spiro atoms. The molecule has 1 fully saturated rings. The number of fused-ring (bicyclic) bond motifs is 1. The number of allylic oxidation sites excluding steroid dienone is 2. The van der Waals surface area contributed by atoms with Gasteiger partial charge in [-0.25, -0.2) is 0 Å². The second-order valence-corrected chi connectivity index (χ2v) is 7.54. The van der Waals surface area contributed by atoms with E-state index in [0.717, 1.165) is 30.6 Å². The van der Waals surface area contributed by atoms with E-state index in [1.165, 1.54) is 11.1 Å². The monoisotopic (exact) mass is 400 g/mol. The van der Waals surface area contributed by atoms with Crippen LogP contribution in [0.1, 0.15) is 44.1 Å². The minimum Gasteiger partial charge on any atom is -0.486 e. The highest BCUT2D eigenvalue weighted by Gasteiger charge is 2.29. The Labute approximate surface area is 156 Å². The van der Waals surface area contributed by atoms with Crippen molar-refractivity contribution in [1.82, 2.24) is 0 Å². The molecule has 0 aromatic heterocycles. The van der Waals surface area contributed by atoms with Crippen LogP contribution in [0.15, 0.2) is 47.6 Å². The molecule has 3 rings (SSSR count). The standard InChI is InChI=1S/C21H21BrO3/c1-2-3-15(13-21(23)24)14-4-8-18(9-5-14)25-20-11-6-16-12-17(22)7-10-19(16)20/h4-5,8-10,12,15,17,20H,6-7,11,13H2,1H3,(H,23,24)/t15-,17?,20+/m0/s1. The van der Waals surface area contributed by atoms with Gasteiger partial charge in [0.2, 0.25) is 0 Å². The highest BCUT2D eigenvalue weighted by molar-refractivity contribution is 9.09. The fourth-order valence-electron chi connectivity index (χ4n) is 3.43. The van der Waals surface area contributed by atoms with Crippen LogP contribution in [0.4, 0.5) is 0 Å². The van der Waals surface area contributed by atoms with Crippen molar-refractivity contribution in [3.8, 4) is 17.6 Å². The van der Waals surface area contributed by atoms with Crippen molar-refractivity contribution in [2.45, 2.75) is 49.5 Å². The highest BCUT2D eigenvalue weighted by Crippen LogP contribution is 2.38. The van der Waals surface area contributed by atoms with E-state index < -0.39 is 5.97 Å². The number of aliphatic carboxylic acids is 1. The van der Waals surface area contributed by atoms with Crippen molar-refractivity contribution < 1.29 is 14.6 Å². The number of benzene rings is 1. The molecule has 0 saturated heterocycles. The Balaban J connectivity index is 1.70. The van der Waals surface area contributed by atoms with Crippen LogP contribution in [0.2, 0.25) is 0 Å². The maximum atomic E-state index is 11.0. The molecule has 1 saturated carbocycles. The molecule has 130 valence electrons. The van der Waals surface area contributed by atoms with E-state index in [9.17, 15) is 4.79 Å². The van der Waals surface area contributed by atoms with Gasteiger partial charge in [0.1, 0.15) is 11.9 Å². The third-order valence-corrected chi connectivity index (χ3v) is 5.23. The van der Waals surface area contributed by atoms with Crippen molar-refractivity contribution in [1.29, 1.82) is 0 Å². The Morgan fingerprint density at radius 2 is 2.16 bits per heavy atom. The molecular weight excluding hydrogens is 380 g/mol. The summed E-state index contributed by atoms with van der Waals surface area (Å²) in [6.45, 7) is 1.73. The first kappa shape index (κ1) is 17.8. The van der Waals surface area contributed by atoms with E-state index in [-0.39, 0.29) is 18.4 Å². The summed E-state index contributed by atoms with van der Waals surface area (Å²) in [5.41, 5.74) is 3.63. The first-order chi connectivity index (χ1) is 12.1. The number of halogens is 1. The van der Waals surface area contributed by atoms with Gasteiger partial charge < -0.3 is 9.84 Å². The number of carboxylic acids is 1. The van der Waals surface area contributed by atoms with Crippen molar-refractivity contribution in [3.05, 3.63) is 53.1 Å². The second-order valence-electron chi connectivity index (χ2n) is 6.36. The molecular formula is C21H21BrO3. The van der Waals surface area contributed by atoms with E-state index >= 15 is 0 Å². The molecule has 1 aromatic rings. The maximum absolute atomic E-state index is 11.0. The lowest BCUT2D eigenvalue weighted by molar-refractivity contribution is -0.137. The Bertz CT molecular complexity index is 765. The molecule has 0 amide bonds. The summed E-state index contributed by atoms with van der Waals surface area (Å²) < 4.78 is 6.18. The lowest BCUT2D eigenvalue weighted by Crippen LogP contribution is -2.16. The maximum Gasteiger partial charge on any atom is 0.304 e. The van der Waals surface area contributed by atoms with Gasteiger partial charge >= 0.3 is 5.97 Å². The third kappa shape index (κ3) is 4.35. The number of carboxylic acid groups (broad SMARTS) is 1. The van der Waals surface area contributed by atoms with Gasteiger partial charge in [-0.15, -0.1) is 5.92 Å². The van der Waals surface area contributed by atoms with Gasteiger partial charge in [-0.1, -0.05) is 46.1 Å². The second kappa shape index (κ2) is 7.93. The van der Waals surface area contributed by atoms with Gasteiger partial charge in [-0.05, 0) is 55.0 Å². The Kier molecular flexibility index (Phi) is 5.65. The van der Waals surface area contributed by atoms with Gasteiger partial charge in [-0.3, -0.25) is 4.79 Å². The van der Waals surface area contributed by atoms with Crippen LogP contribution in [-0.4, -0.2) is 22.0 Å². The summed E-state index contributed by atoms with van der Waals surface area (Å²) in [5.74, 6) is 5.48. The molecule has 1 unspecified atom stereocenters. The van der Waals surface area contributed by atoms with Crippen molar-refractivity contribution >= 4 is 21.9 Å². The normalized spacial score (nSPS) is 22.8. The number of carbonyl (C=O) groups is 1. The highest BCUT2D eigenvalue weighted by atomic mass is 79.9. The molecule has 2 aliphatic carbocycles. The average Bonchev–Trinajstić information content (AvgIpc) is 2.97. The fraction of sp³-hybridized carbons (Fsp3) is 0.381. The molecule has 2 aliphatic rings. The Morgan fingerprint density at radius 1 is 1.40 bits per heavy atom. The van der Waals surface area contributed by atoms with Gasteiger partial charge in [0.25, 0.3) is 0 Å². The zero-order chi connectivity index (χ0) is 17.8. The van der Waals surface area contributed by atoms with E-state index in [1.807, 2.05) is 24.3 Å². The third-order valence-electron chi connectivity index (χ3n) is 4.60. The fourth-order valence-corrected chi connectivity index (χ4v) is 3.93. The van der Waals surface area contributed by atoms with E-state index in [0.29, 0.717) is 4.83 Å². The molecule has 3 atom stereocenters. The summed E-state index contributed by atoms with van der Waals surface area (Å²) in [6.07, 6.45) is 7.76. The molecule has 0 heterocycles. The van der Waals surface area contributed by atoms with Gasteiger partial charge in [0.15, 0.2) is 0 Å². The van der Waals surface area contributed by atoms with E-state index in [2.05, 4.69) is 39.9 Å². The van der Waals surface area contributed by atoms with Gasteiger partial charge in [-0.2, -0.15) is 0 Å². The number of rotatable bonds is 5. The first-order valence-electron chi connectivity index (χ1n) is 8.52. The summed E-state index contributed by atoms with van der Waals surface area (Å²) in [7, 11) is 0. The van der Waals surface area contributed by atoms with Crippen LogP contribution >= 0.6 is 15.9 Å². The quantitative estimate of drug-likeness (QED) is 0.568. The summed E-state index contributed by atoms with van der Waals surface area (Å²) in [6, 6.07) is 7.67. The predicted molar refractivity (Wildman–Crippen MR) is 102 cm³/mol. The smallest absolute Gasteiger partial charge is 0.304 e. The molecule has 3 nitrogen and oxygen atoms in total. The Hall–Kier alpha value is -1.99.